The van der Waals surface area contributed by atoms with Gasteiger partial charge in [-0.2, -0.15) is 0 Å². The van der Waals surface area contributed by atoms with Crippen LogP contribution in [-0.4, -0.2) is 31.8 Å². The molecular weight excluding hydrogens is 254 g/mol. The predicted octanol–water partition coefficient (Wildman–Crippen LogP) is 2.54. The summed E-state index contributed by atoms with van der Waals surface area (Å²) in [4.78, 5) is 14.0. The van der Waals surface area contributed by atoms with E-state index in [-0.39, 0.29) is 11.9 Å². The van der Waals surface area contributed by atoms with Gasteiger partial charge in [0.1, 0.15) is 5.75 Å². The summed E-state index contributed by atoms with van der Waals surface area (Å²) in [5.41, 5.74) is 2.25. The number of ether oxygens (including phenoxy) is 2. The first-order valence-electron chi connectivity index (χ1n) is 7.45. The monoisotopic (exact) mass is 275 g/mol. The van der Waals surface area contributed by atoms with Gasteiger partial charge in [-0.1, -0.05) is 13.3 Å². The van der Waals surface area contributed by atoms with Crippen molar-refractivity contribution in [3.63, 3.8) is 0 Å². The van der Waals surface area contributed by atoms with Crippen molar-refractivity contribution in [2.24, 2.45) is 0 Å². The summed E-state index contributed by atoms with van der Waals surface area (Å²) in [6, 6.07) is 6.30. The number of benzene rings is 1. The molecule has 4 heteroatoms. The van der Waals surface area contributed by atoms with Crippen LogP contribution >= 0.6 is 0 Å². The average Bonchev–Trinajstić information content (AvgIpc) is 2.40. The molecule has 0 spiro atoms. The Hall–Kier alpha value is -1.55. The van der Waals surface area contributed by atoms with E-state index in [1.165, 1.54) is 5.56 Å². The van der Waals surface area contributed by atoms with Crippen molar-refractivity contribution >= 4 is 11.6 Å². The molecule has 2 aliphatic rings. The van der Waals surface area contributed by atoms with Gasteiger partial charge in [0, 0.05) is 12.1 Å². The van der Waals surface area contributed by atoms with E-state index in [4.69, 9.17) is 9.47 Å². The fourth-order valence-corrected chi connectivity index (χ4v) is 2.69. The third-order valence-electron chi connectivity index (χ3n) is 3.94. The number of carbonyl (C=O) groups excluding carboxylic acids is 1. The first-order valence-corrected chi connectivity index (χ1v) is 7.45. The Morgan fingerprint density at radius 2 is 2.20 bits per heavy atom. The maximum atomic E-state index is 12.1. The van der Waals surface area contributed by atoms with E-state index in [1.807, 2.05) is 17.0 Å². The Morgan fingerprint density at radius 1 is 1.35 bits per heavy atom. The number of aryl methyl sites for hydroxylation is 1. The fraction of sp³-hybridized carbons (Fsp3) is 0.562. The molecule has 0 aromatic heterocycles. The summed E-state index contributed by atoms with van der Waals surface area (Å²) in [7, 11) is 0. The molecule has 108 valence electrons. The summed E-state index contributed by atoms with van der Waals surface area (Å²) in [6.45, 7) is 4.22. The van der Waals surface area contributed by atoms with Crippen LogP contribution in [0, 0.1) is 0 Å². The zero-order valence-corrected chi connectivity index (χ0v) is 11.9. The van der Waals surface area contributed by atoms with Crippen LogP contribution in [0.25, 0.3) is 0 Å². The largest absolute Gasteiger partial charge is 0.494 e. The van der Waals surface area contributed by atoms with Crippen LogP contribution < -0.4 is 9.64 Å². The lowest BCUT2D eigenvalue weighted by Crippen LogP contribution is -2.53. The van der Waals surface area contributed by atoms with Gasteiger partial charge in [0.15, 0.2) is 0 Å². The highest BCUT2D eigenvalue weighted by atomic mass is 16.5. The van der Waals surface area contributed by atoms with Gasteiger partial charge < -0.3 is 14.4 Å². The minimum absolute atomic E-state index is 0.213. The third-order valence-corrected chi connectivity index (χ3v) is 3.94. The standard InChI is InChI=1S/C16H21NO3/c1-2-3-8-20-14-5-6-15-12(9-14)4-7-16(18)17(15)13-10-19-11-13/h5-6,9,13H,2-4,7-8,10-11H2,1H3. The minimum Gasteiger partial charge on any atom is -0.494 e. The van der Waals surface area contributed by atoms with E-state index >= 15 is 0 Å². The van der Waals surface area contributed by atoms with E-state index in [2.05, 4.69) is 13.0 Å². The van der Waals surface area contributed by atoms with E-state index < -0.39 is 0 Å². The second-order valence-corrected chi connectivity index (χ2v) is 5.45. The van der Waals surface area contributed by atoms with Crippen LogP contribution in [0.3, 0.4) is 0 Å². The molecule has 0 atom stereocenters. The number of hydrogen-bond donors (Lipinski definition) is 0. The topological polar surface area (TPSA) is 38.8 Å². The van der Waals surface area contributed by atoms with E-state index in [9.17, 15) is 4.79 Å². The molecule has 0 radical (unpaired) electrons. The number of anilines is 1. The molecule has 20 heavy (non-hydrogen) atoms. The van der Waals surface area contributed by atoms with Crippen LogP contribution in [0.5, 0.6) is 5.75 Å². The predicted molar refractivity (Wildman–Crippen MR) is 77.3 cm³/mol. The van der Waals surface area contributed by atoms with Crippen molar-refractivity contribution in [3.8, 4) is 5.75 Å². The molecule has 0 bridgehead atoms. The van der Waals surface area contributed by atoms with Crippen molar-refractivity contribution in [1.29, 1.82) is 0 Å². The van der Waals surface area contributed by atoms with Gasteiger partial charge in [-0.05, 0) is 36.6 Å². The molecule has 1 aromatic rings. The van der Waals surface area contributed by atoms with Crippen molar-refractivity contribution in [2.45, 2.75) is 38.6 Å². The molecule has 3 rings (SSSR count). The molecule has 1 aromatic carbocycles. The molecule has 4 nitrogen and oxygen atoms in total. The van der Waals surface area contributed by atoms with Crippen LogP contribution in [0.1, 0.15) is 31.7 Å². The smallest absolute Gasteiger partial charge is 0.227 e. The highest BCUT2D eigenvalue weighted by Crippen LogP contribution is 2.33. The molecule has 0 aliphatic carbocycles. The number of nitrogens with zero attached hydrogens (tertiary/aromatic N) is 1. The van der Waals surface area contributed by atoms with Gasteiger partial charge in [-0.25, -0.2) is 0 Å². The number of rotatable bonds is 5. The summed E-state index contributed by atoms with van der Waals surface area (Å²) < 4.78 is 11.0. The lowest BCUT2D eigenvalue weighted by molar-refractivity contribution is -0.121. The Bertz CT molecular complexity index is 496. The molecular formula is C16H21NO3. The second-order valence-electron chi connectivity index (χ2n) is 5.45. The van der Waals surface area contributed by atoms with Crippen LogP contribution in [-0.2, 0) is 16.0 Å². The highest BCUT2D eigenvalue weighted by Gasteiger charge is 2.34. The SMILES string of the molecule is CCCCOc1ccc2c(c1)CCC(=O)N2C1COC1. The molecule has 1 fully saturated rings. The molecule has 1 saturated heterocycles. The van der Waals surface area contributed by atoms with E-state index in [0.29, 0.717) is 19.6 Å². The van der Waals surface area contributed by atoms with E-state index in [0.717, 1.165) is 37.3 Å². The van der Waals surface area contributed by atoms with Crippen molar-refractivity contribution < 1.29 is 14.3 Å². The Morgan fingerprint density at radius 3 is 2.90 bits per heavy atom. The van der Waals surface area contributed by atoms with Crippen molar-refractivity contribution in [1.82, 2.24) is 0 Å². The molecule has 1 amide bonds. The lowest BCUT2D eigenvalue weighted by atomic mass is 9.98. The lowest BCUT2D eigenvalue weighted by Gasteiger charge is -2.40. The molecule has 0 N–H and O–H groups in total. The number of hydrogen-bond acceptors (Lipinski definition) is 3. The molecule has 0 saturated carbocycles. The average molecular weight is 275 g/mol. The minimum atomic E-state index is 0.213. The quantitative estimate of drug-likeness (QED) is 0.775. The summed E-state index contributed by atoms with van der Waals surface area (Å²) >= 11 is 0. The summed E-state index contributed by atoms with van der Waals surface area (Å²) in [5, 5.41) is 0. The van der Waals surface area contributed by atoms with Gasteiger partial charge in [-0.15, -0.1) is 0 Å². The van der Waals surface area contributed by atoms with Gasteiger partial charge in [0.25, 0.3) is 0 Å². The van der Waals surface area contributed by atoms with Gasteiger partial charge in [0.2, 0.25) is 5.91 Å². The third kappa shape index (κ3) is 2.52. The second kappa shape index (κ2) is 5.83. The van der Waals surface area contributed by atoms with Gasteiger partial charge >= 0.3 is 0 Å². The first-order chi connectivity index (χ1) is 9.79. The van der Waals surface area contributed by atoms with Gasteiger partial charge in [-0.3, -0.25) is 4.79 Å². The molecule has 2 aliphatic heterocycles. The van der Waals surface area contributed by atoms with E-state index in [1.54, 1.807) is 0 Å². The normalized spacial score (nSPS) is 18.6. The summed E-state index contributed by atoms with van der Waals surface area (Å²) in [6.07, 6.45) is 3.60. The molecule has 0 unspecified atom stereocenters. The highest BCUT2D eigenvalue weighted by molar-refractivity contribution is 5.97. The van der Waals surface area contributed by atoms with Crippen LogP contribution in [0.15, 0.2) is 18.2 Å². The Kier molecular flexibility index (Phi) is 3.92. The number of unbranched alkanes of at least 4 members (excludes halogenated alkanes) is 1. The maximum Gasteiger partial charge on any atom is 0.227 e. The fourth-order valence-electron chi connectivity index (χ4n) is 2.69. The first kappa shape index (κ1) is 13.4. The number of amides is 1. The van der Waals surface area contributed by atoms with Gasteiger partial charge in [0.05, 0.1) is 25.9 Å². The zero-order valence-electron chi connectivity index (χ0n) is 11.9. The number of fused-ring (bicyclic) bond motifs is 1. The molecule has 2 heterocycles. The zero-order chi connectivity index (χ0) is 13.9. The Labute approximate surface area is 119 Å². The summed E-state index contributed by atoms with van der Waals surface area (Å²) in [5.74, 6) is 1.13. The van der Waals surface area contributed by atoms with Crippen molar-refractivity contribution in [3.05, 3.63) is 23.8 Å². The van der Waals surface area contributed by atoms with Crippen LogP contribution in [0.4, 0.5) is 5.69 Å². The Balaban J connectivity index is 1.78. The maximum absolute atomic E-state index is 12.1. The van der Waals surface area contributed by atoms with Crippen LogP contribution in [0.2, 0.25) is 0 Å². The number of carbonyl (C=O) groups is 1. The van der Waals surface area contributed by atoms with Crippen molar-refractivity contribution in [2.75, 3.05) is 24.7 Å².